The lowest BCUT2D eigenvalue weighted by Crippen LogP contribution is -2.30. The first-order valence-corrected chi connectivity index (χ1v) is 5.38. The first-order chi connectivity index (χ1) is 8.70. The van der Waals surface area contributed by atoms with Crippen molar-refractivity contribution in [2.75, 3.05) is 10.6 Å². The van der Waals surface area contributed by atoms with Crippen LogP contribution < -0.4 is 10.6 Å². The molecule has 18 heavy (non-hydrogen) atoms. The Morgan fingerprint density at radius 3 is 2.11 bits per heavy atom. The van der Waals surface area contributed by atoms with Crippen molar-refractivity contribution in [1.82, 2.24) is 4.98 Å². The number of carbonyl (C=O) groups excluding carboxylic acids is 2. The smallest absolute Gasteiger partial charge is 0.267 e. The largest absolute Gasteiger partial charge is 0.396 e. The number of pyridine rings is 1. The van der Waals surface area contributed by atoms with E-state index in [2.05, 4.69) is 4.98 Å². The fourth-order valence-electron chi connectivity index (χ4n) is 1.98. The lowest BCUT2D eigenvalue weighted by Gasteiger charge is -2.14. The topological polar surface area (TPSA) is 76.3 Å². The summed E-state index contributed by atoms with van der Waals surface area (Å²) in [6.07, 6.45) is 1.50. The van der Waals surface area contributed by atoms with Gasteiger partial charge in [0.2, 0.25) is 0 Å². The second-order valence-corrected chi connectivity index (χ2v) is 3.91. The average molecular weight is 239 g/mol. The van der Waals surface area contributed by atoms with Gasteiger partial charge in [0.05, 0.1) is 16.8 Å². The van der Waals surface area contributed by atoms with E-state index in [1.807, 2.05) is 0 Å². The molecule has 5 nitrogen and oxygen atoms in total. The van der Waals surface area contributed by atoms with Gasteiger partial charge in [-0.05, 0) is 24.3 Å². The molecular weight excluding hydrogens is 230 g/mol. The Kier molecular flexibility index (Phi) is 2.13. The Morgan fingerprint density at radius 2 is 1.56 bits per heavy atom. The molecule has 0 saturated carbocycles. The number of hydrogen-bond donors (Lipinski definition) is 1. The number of benzene rings is 1. The first kappa shape index (κ1) is 10.5. The summed E-state index contributed by atoms with van der Waals surface area (Å²) in [6.45, 7) is 0. The highest BCUT2D eigenvalue weighted by molar-refractivity contribution is 6.34. The van der Waals surface area contributed by atoms with Crippen molar-refractivity contribution in [1.29, 1.82) is 0 Å². The van der Waals surface area contributed by atoms with Crippen molar-refractivity contribution in [2.45, 2.75) is 0 Å². The summed E-state index contributed by atoms with van der Waals surface area (Å²) in [7, 11) is 0. The number of imide groups is 1. The predicted octanol–water partition coefficient (Wildman–Crippen LogP) is 1.46. The molecule has 0 saturated heterocycles. The van der Waals surface area contributed by atoms with Gasteiger partial charge >= 0.3 is 0 Å². The highest BCUT2D eigenvalue weighted by Gasteiger charge is 2.37. The van der Waals surface area contributed by atoms with Crippen molar-refractivity contribution in [3.05, 3.63) is 53.7 Å². The van der Waals surface area contributed by atoms with E-state index in [1.54, 1.807) is 36.4 Å². The molecule has 5 heteroatoms. The minimum absolute atomic E-state index is 0.184. The van der Waals surface area contributed by atoms with Crippen LogP contribution in [0.3, 0.4) is 0 Å². The van der Waals surface area contributed by atoms with Crippen LogP contribution in [0.2, 0.25) is 0 Å². The van der Waals surface area contributed by atoms with E-state index in [1.165, 1.54) is 6.20 Å². The second-order valence-electron chi connectivity index (χ2n) is 3.91. The van der Waals surface area contributed by atoms with Crippen molar-refractivity contribution >= 4 is 23.3 Å². The molecule has 1 aromatic carbocycles. The normalized spacial score (nSPS) is 13.9. The quantitative estimate of drug-likeness (QED) is 0.764. The van der Waals surface area contributed by atoms with Crippen LogP contribution in [-0.2, 0) is 0 Å². The van der Waals surface area contributed by atoms with Gasteiger partial charge in [-0.2, -0.15) is 0 Å². The van der Waals surface area contributed by atoms with Crippen molar-refractivity contribution < 1.29 is 9.59 Å². The van der Waals surface area contributed by atoms with Crippen LogP contribution in [0.25, 0.3) is 0 Å². The third-order valence-electron chi connectivity index (χ3n) is 2.82. The SMILES string of the molecule is Nc1cccnc1N1C(=O)c2ccccc2C1=O. The molecule has 3 rings (SSSR count). The van der Waals surface area contributed by atoms with E-state index in [4.69, 9.17) is 5.73 Å². The van der Waals surface area contributed by atoms with Gasteiger partial charge in [-0.25, -0.2) is 9.88 Å². The molecule has 0 aliphatic carbocycles. The monoisotopic (exact) mass is 239 g/mol. The van der Waals surface area contributed by atoms with Crippen LogP contribution in [0, 0.1) is 0 Å². The molecular formula is C13H9N3O2. The first-order valence-electron chi connectivity index (χ1n) is 5.38. The molecule has 88 valence electrons. The van der Waals surface area contributed by atoms with E-state index in [0.717, 1.165) is 4.90 Å². The molecule has 1 aliphatic rings. The summed E-state index contributed by atoms with van der Waals surface area (Å²) < 4.78 is 0. The molecule has 0 unspecified atom stereocenters. The Labute approximate surface area is 103 Å². The fourth-order valence-corrected chi connectivity index (χ4v) is 1.98. The maximum Gasteiger partial charge on any atom is 0.267 e. The minimum atomic E-state index is -0.388. The molecule has 2 N–H and O–H groups in total. The summed E-state index contributed by atoms with van der Waals surface area (Å²) in [5.74, 6) is -0.592. The lowest BCUT2D eigenvalue weighted by molar-refractivity contribution is 0.0925. The fraction of sp³-hybridized carbons (Fsp3) is 0. The highest BCUT2D eigenvalue weighted by atomic mass is 16.2. The van der Waals surface area contributed by atoms with E-state index >= 15 is 0 Å². The van der Waals surface area contributed by atoms with E-state index < -0.39 is 0 Å². The maximum atomic E-state index is 12.2. The molecule has 0 bridgehead atoms. The molecule has 2 heterocycles. The number of rotatable bonds is 1. The minimum Gasteiger partial charge on any atom is -0.396 e. The Morgan fingerprint density at radius 1 is 0.944 bits per heavy atom. The van der Waals surface area contributed by atoms with Gasteiger partial charge in [0.25, 0.3) is 11.8 Å². The zero-order chi connectivity index (χ0) is 12.7. The van der Waals surface area contributed by atoms with Gasteiger partial charge in [0.15, 0.2) is 5.82 Å². The van der Waals surface area contributed by atoms with Crippen molar-refractivity contribution in [3.8, 4) is 0 Å². The molecule has 0 fully saturated rings. The maximum absolute atomic E-state index is 12.2. The molecule has 1 aliphatic heterocycles. The summed E-state index contributed by atoms with van der Waals surface area (Å²) in [4.78, 5) is 29.4. The van der Waals surface area contributed by atoms with Crippen molar-refractivity contribution in [2.24, 2.45) is 0 Å². The van der Waals surface area contributed by atoms with E-state index in [0.29, 0.717) is 16.8 Å². The number of fused-ring (bicyclic) bond motifs is 1. The van der Waals surface area contributed by atoms with Gasteiger partial charge in [0, 0.05) is 6.20 Å². The zero-order valence-corrected chi connectivity index (χ0v) is 9.33. The number of nitrogens with two attached hydrogens (primary N) is 1. The van der Waals surface area contributed by atoms with Crippen LogP contribution in [0.1, 0.15) is 20.7 Å². The predicted molar refractivity (Wildman–Crippen MR) is 66.2 cm³/mol. The number of nitrogens with zero attached hydrogens (tertiary/aromatic N) is 2. The molecule has 2 aromatic rings. The van der Waals surface area contributed by atoms with Crippen LogP contribution in [0.4, 0.5) is 11.5 Å². The van der Waals surface area contributed by atoms with Crippen LogP contribution in [0.15, 0.2) is 42.6 Å². The molecule has 0 radical (unpaired) electrons. The average Bonchev–Trinajstić information content (AvgIpc) is 2.64. The van der Waals surface area contributed by atoms with Crippen LogP contribution in [-0.4, -0.2) is 16.8 Å². The molecule has 2 amide bonds. The van der Waals surface area contributed by atoms with Crippen LogP contribution in [0.5, 0.6) is 0 Å². The summed E-state index contributed by atoms with van der Waals surface area (Å²) in [6, 6.07) is 9.93. The second kappa shape index (κ2) is 3.66. The third-order valence-corrected chi connectivity index (χ3v) is 2.82. The summed E-state index contributed by atoms with van der Waals surface area (Å²) >= 11 is 0. The number of carbonyl (C=O) groups is 2. The molecule has 0 spiro atoms. The number of aromatic nitrogens is 1. The van der Waals surface area contributed by atoms with Crippen molar-refractivity contribution in [3.63, 3.8) is 0 Å². The van der Waals surface area contributed by atoms with E-state index in [-0.39, 0.29) is 17.6 Å². The van der Waals surface area contributed by atoms with Gasteiger partial charge in [-0.1, -0.05) is 12.1 Å². The Hall–Kier alpha value is -2.69. The van der Waals surface area contributed by atoms with Gasteiger partial charge < -0.3 is 5.73 Å². The molecule has 1 aromatic heterocycles. The number of amides is 2. The van der Waals surface area contributed by atoms with Crippen LogP contribution >= 0.6 is 0 Å². The lowest BCUT2D eigenvalue weighted by atomic mass is 10.1. The summed E-state index contributed by atoms with van der Waals surface area (Å²) in [5, 5.41) is 0. The van der Waals surface area contributed by atoms with Gasteiger partial charge in [-0.3, -0.25) is 9.59 Å². The van der Waals surface area contributed by atoms with E-state index in [9.17, 15) is 9.59 Å². The van der Waals surface area contributed by atoms with Gasteiger partial charge in [0.1, 0.15) is 0 Å². The number of hydrogen-bond acceptors (Lipinski definition) is 4. The highest BCUT2D eigenvalue weighted by Crippen LogP contribution is 2.29. The Bertz CT molecular complexity index is 632. The Balaban J connectivity index is 2.16. The standard InChI is InChI=1S/C13H9N3O2/c14-10-6-3-7-15-11(10)16-12(17)8-4-1-2-5-9(8)13(16)18/h1-7H,14H2. The van der Waals surface area contributed by atoms with Gasteiger partial charge in [-0.15, -0.1) is 0 Å². The summed E-state index contributed by atoms with van der Waals surface area (Å²) in [5.41, 5.74) is 6.81. The number of nitrogen functional groups attached to an aromatic ring is 1. The third kappa shape index (κ3) is 1.31. The number of anilines is 2. The molecule has 0 atom stereocenters. The zero-order valence-electron chi connectivity index (χ0n) is 9.33.